The molecule has 1 aromatic heterocycles. The number of aliphatic imine (C=N–C) groups is 1. The van der Waals surface area contributed by atoms with E-state index in [0.29, 0.717) is 6.04 Å². The second-order valence-electron chi connectivity index (χ2n) is 3.82. The second kappa shape index (κ2) is 6.39. The molecule has 6 heteroatoms. The Labute approximate surface area is 117 Å². The Kier molecular flexibility index (Phi) is 5.47. The minimum atomic E-state index is 0. The second-order valence-corrected chi connectivity index (χ2v) is 4.79. The smallest absolute Gasteiger partial charge is 0.191 e. The zero-order chi connectivity index (χ0) is 10.7. The molecule has 1 aliphatic carbocycles. The summed E-state index contributed by atoms with van der Waals surface area (Å²) in [6.45, 7) is 2.99. The summed E-state index contributed by atoms with van der Waals surface area (Å²) in [6, 6.07) is 0.604. The third-order valence-electron chi connectivity index (χ3n) is 2.55. The molecule has 2 rings (SSSR count). The van der Waals surface area contributed by atoms with Crippen LogP contribution in [0.15, 0.2) is 16.6 Å². The predicted octanol–water partition coefficient (Wildman–Crippen LogP) is 1.83. The average Bonchev–Trinajstić information content (AvgIpc) is 2.74. The van der Waals surface area contributed by atoms with Crippen LogP contribution in [0.2, 0.25) is 0 Å². The first-order valence-corrected chi connectivity index (χ1v) is 6.03. The molecule has 0 radical (unpaired) electrons. The van der Waals surface area contributed by atoms with Crippen molar-refractivity contribution in [3.63, 3.8) is 0 Å². The molecule has 90 valence electrons. The van der Waals surface area contributed by atoms with Crippen LogP contribution in [0, 0.1) is 5.92 Å². The number of nitrogens with one attached hydrogen (secondary N) is 2. The first kappa shape index (κ1) is 13.7. The van der Waals surface area contributed by atoms with E-state index in [4.69, 9.17) is 0 Å². The molecule has 1 heterocycles. The van der Waals surface area contributed by atoms with Crippen molar-refractivity contribution >= 4 is 41.3 Å². The maximum Gasteiger partial charge on any atom is 0.191 e. The van der Waals surface area contributed by atoms with Gasteiger partial charge >= 0.3 is 0 Å². The Morgan fingerprint density at radius 2 is 2.44 bits per heavy atom. The summed E-state index contributed by atoms with van der Waals surface area (Å²) in [5, 5.41) is 9.69. The molecule has 4 nitrogen and oxygen atoms in total. The van der Waals surface area contributed by atoms with E-state index in [2.05, 4.69) is 27.5 Å². The fourth-order valence-electron chi connectivity index (χ4n) is 1.39. The van der Waals surface area contributed by atoms with Gasteiger partial charge in [0.1, 0.15) is 5.01 Å². The van der Waals surface area contributed by atoms with Gasteiger partial charge in [0.15, 0.2) is 5.96 Å². The standard InChI is InChI=1S/C10H16N4S.HI/c1-7-5-8(7)14-10(11-2)13-6-9-12-3-4-15-9;/h3-4,7-8H,5-6H2,1-2H3,(H2,11,13,14);1H. The van der Waals surface area contributed by atoms with Gasteiger partial charge in [-0.3, -0.25) is 4.99 Å². The number of rotatable bonds is 3. The van der Waals surface area contributed by atoms with Gasteiger partial charge in [0, 0.05) is 24.7 Å². The number of thiazole rings is 1. The predicted molar refractivity (Wildman–Crippen MR) is 78.4 cm³/mol. The lowest BCUT2D eigenvalue weighted by Gasteiger charge is -2.09. The van der Waals surface area contributed by atoms with E-state index in [0.717, 1.165) is 23.4 Å². The molecule has 1 saturated carbocycles. The molecular weight excluding hydrogens is 335 g/mol. The molecule has 0 bridgehead atoms. The molecule has 2 N–H and O–H groups in total. The van der Waals surface area contributed by atoms with Crippen LogP contribution in [0.25, 0.3) is 0 Å². The lowest BCUT2D eigenvalue weighted by Crippen LogP contribution is -2.38. The van der Waals surface area contributed by atoms with Crippen LogP contribution >= 0.6 is 35.3 Å². The zero-order valence-electron chi connectivity index (χ0n) is 9.43. The largest absolute Gasteiger partial charge is 0.353 e. The Hall–Kier alpha value is -0.370. The molecule has 0 aliphatic heterocycles. The molecule has 0 spiro atoms. The Morgan fingerprint density at radius 1 is 1.69 bits per heavy atom. The molecule has 1 aromatic rings. The van der Waals surface area contributed by atoms with Crippen molar-refractivity contribution in [1.29, 1.82) is 0 Å². The van der Waals surface area contributed by atoms with Crippen LogP contribution in [0.1, 0.15) is 18.4 Å². The summed E-state index contributed by atoms with van der Waals surface area (Å²) in [6.07, 6.45) is 3.07. The van der Waals surface area contributed by atoms with E-state index in [1.54, 1.807) is 18.4 Å². The molecule has 0 aromatic carbocycles. The number of hydrogen-bond donors (Lipinski definition) is 2. The van der Waals surface area contributed by atoms with Gasteiger partial charge < -0.3 is 10.6 Å². The highest BCUT2D eigenvalue weighted by Gasteiger charge is 2.33. The summed E-state index contributed by atoms with van der Waals surface area (Å²) in [4.78, 5) is 8.38. The van der Waals surface area contributed by atoms with Crippen LogP contribution in [0.5, 0.6) is 0 Å². The summed E-state index contributed by atoms with van der Waals surface area (Å²) < 4.78 is 0. The zero-order valence-corrected chi connectivity index (χ0v) is 12.6. The normalized spacial score (nSPS) is 23.5. The average molecular weight is 352 g/mol. The summed E-state index contributed by atoms with van der Waals surface area (Å²) >= 11 is 1.65. The van der Waals surface area contributed by atoms with E-state index in [1.165, 1.54) is 6.42 Å². The quantitative estimate of drug-likeness (QED) is 0.496. The molecule has 0 amide bonds. The fraction of sp³-hybridized carbons (Fsp3) is 0.600. The van der Waals surface area contributed by atoms with Crippen LogP contribution in [-0.4, -0.2) is 24.0 Å². The van der Waals surface area contributed by atoms with Crippen molar-refractivity contribution in [2.45, 2.75) is 25.9 Å². The highest BCUT2D eigenvalue weighted by Crippen LogP contribution is 2.28. The van der Waals surface area contributed by atoms with Crippen molar-refractivity contribution in [3.05, 3.63) is 16.6 Å². The summed E-state index contributed by atoms with van der Waals surface area (Å²) in [5.74, 6) is 1.66. The number of halogens is 1. The number of nitrogens with zero attached hydrogens (tertiary/aromatic N) is 2. The van der Waals surface area contributed by atoms with Crippen LogP contribution < -0.4 is 10.6 Å². The highest BCUT2D eigenvalue weighted by atomic mass is 127. The van der Waals surface area contributed by atoms with Crippen molar-refractivity contribution in [1.82, 2.24) is 15.6 Å². The maximum absolute atomic E-state index is 4.21. The molecular formula is C10H17IN4S. The van der Waals surface area contributed by atoms with Crippen LogP contribution in [0.3, 0.4) is 0 Å². The van der Waals surface area contributed by atoms with Crippen molar-refractivity contribution in [2.24, 2.45) is 10.9 Å². The maximum atomic E-state index is 4.21. The van der Waals surface area contributed by atoms with Gasteiger partial charge in [0.05, 0.1) is 6.54 Å². The van der Waals surface area contributed by atoms with Crippen LogP contribution in [-0.2, 0) is 6.54 Å². The SMILES string of the molecule is CN=C(NCc1nccs1)NC1CC1C.I. The van der Waals surface area contributed by atoms with Crippen molar-refractivity contribution < 1.29 is 0 Å². The van der Waals surface area contributed by atoms with Gasteiger partial charge in [-0.05, 0) is 12.3 Å². The molecule has 1 fully saturated rings. The lowest BCUT2D eigenvalue weighted by atomic mass is 10.5. The van der Waals surface area contributed by atoms with Gasteiger partial charge in [0.25, 0.3) is 0 Å². The molecule has 0 saturated heterocycles. The van der Waals surface area contributed by atoms with E-state index in [9.17, 15) is 0 Å². The van der Waals surface area contributed by atoms with Gasteiger partial charge in [-0.25, -0.2) is 4.98 Å². The third-order valence-corrected chi connectivity index (χ3v) is 3.33. The van der Waals surface area contributed by atoms with Crippen molar-refractivity contribution in [2.75, 3.05) is 7.05 Å². The monoisotopic (exact) mass is 352 g/mol. The minimum absolute atomic E-state index is 0. The first-order chi connectivity index (χ1) is 7.29. The Bertz CT molecular complexity index is 339. The Balaban J connectivity index is 0.00000128. The minimum Gasteiger partial charge on any atom is -0.353 e. The lowest BCUT2D eigenvalue weighted by molar-refractivity contribution is 0.762. The van der Waals surface area contributed by atoms with Gasteiger partial charge in [0.2, 0.25) is 0 Å². The topological polar surface area (TPSA) is 49.3 Å². The van der Waals surface area contributed by atoms with Crippen LogP contribution in [0.4, 0.5) is 0 Å². The first-order valence-electron chi connectivity index (χ1n) is 5.15. The highest BCUT2D eigenvalue weighted by molar-refractivity contribution is 14.0. The van der Waals surface area contributed by atoms with E-state index >= 15 is 0 Å². The van der Waals surface area contributed by atoms with E-state index in [-0.39, 0.29) is 24.0 Å². The van der Waals surface area contributed by atoms with Gasteiger partial charge in [-0.15, -0.1) is 35.3 Å². The number of hydrogen-bond acceptors (Lipinski definition) is 3. The van der Waals surface area contributed by atoms with Gasteiger partial charge in [-0.2, -0.15) is 0 Å². The molecule has 16 heavy (non-hydrogen) atoms. The molecule has 1 aliphatic rings. The van der Waals surface area contributed by atoms with Crippen molar-refractivity contribution in [3.8, 4) is 0 Å². The summed E-state index contributed by atoms with van der Waals surface area (Å²) in [5.41, 5.74) is 0. The Morgan fingerprint density at radius 3 is 2.94 bits per heavy atom. The van der Waals surface area contributed by atoms with E-state index < -0.39 is 0 Å². The summed E-state index contributed by atoms with van der Waals surface area (Å²) in [7, 11) is 1.80. The molecule has 2 unspecified atom stereocenters. The fourth-order valence-corrected chi connectivity index (χ4v) is 1.95. The van der Waals surface area contributed by atoms with Gasteiger partial charge in [-0.1, -0.05) is 6.92 Å². The number of guanidine groups is 1. The molecule has 2 atom stereocenters. The van der Waals surface area contributed by atoms with E-state index in [1.807, 2.05) is 11.6 Å². The third kappa shape index (κ3) is 3.89. The number of aromatic nitrogens is 1.